The first-order valence-electron chi connectivity index (χ1n) is 10.7. The quantitative estimate of drug-likeness (QED) is 0.647. The van der Waals surface area contributed by atoms with Crippen LogP contribution >= 0.6 is 0 Å². The fourth-order valence-corrected chi connectivity index (χ4v) is 5.59. The summed E-state index contributed by atoms with van der Waals surface area (Å²) in [6.07, 6.45) is 0.924. The van der Waals surface area contributed by atoms with Gasteiger partial charge in [-0.25, -0.2) is 0 Å². The van der Waals surface area contributed by atoms with Crippen LogP contribution in [0.2, 0.25) is 0 Å². The van der Waals surface area contributed by atoms with Gasteiger partial charge >= 0.3 is 0 Å². The van der Waals surface area contributed by atoms with Gasteiger partial charge < -0.3 is 37.9 Å². The molecule has 2 aliphatic heterocycles. The van der Waals surface area contributed by atoms with Gasteiger partial charge in [0, 0.05) is 22.6 Å². The average Bonchev–Trinajstić information content (AvgIpc) is 3.54. The molecule has 32 heavy (non-hydrogen) atoms. The zero-order chi connectivity index (χ0) is 22.6. The summed E-state index contributed by atoms with van der Waals surface area (Å²) in [5, 5.41) is 0. The highest BCUT2D eigenvalue weighted by Crippen LogP contribution is 2.65. The molecular formula is C24H28O8. The highest BCUT2D eigenvalue weighted by atomic mass is 16.7. The molecule has 2 heterocycles. The predicted molar refractivity (Wildman–Crippen MR) is 115 cm³/mol. The predicted octanol–water partition coefficient (Wildman–Crippen LogP) is 4.45. The van der Waals surface area contributed by atoms with Crippen LogP contribution in [0.25, 0.3) is 0 Å². The van der Waals surface area contributed by atoms with Crippen molar-refractivity contribution in [3.05, 3.63) is 22.8 Å². The van der Waals surface area contributed by atoms with E-state index in [1.54, 1.807) is 28.4 Å². The van der Waals surface area contributed by atoms with Crippen LogP contribution in [0, 0.1) is 5.92 Å². The fourth-order valence-electron chi connectivity index (χ4n) is 5.59. The van der Waals surface area contributed by atoms with Crippen LogP contribution in [-0.2, 0) is 0 Å². The number of benzene rings is 2. The third-order valence-corrected chi connectivity index (χ3v) is 6.85. The zero-order valence-corrected chi connectivity index (χ0v) is 19.2. The van der Waals surface area contributed by atoms with Crippen molar-refractivity contribution < 1.29 is 37.9 Å². The Labute approximate surface area is 187 Å². The third-order valence-electron chi connectivity index (χ3n) is 6.85. The van der Waals surface area contributed by atoms with E-state index in [1.807, 2.05) is 6.07 Å². The molecule has 0 spiro atoms. The lowest BCUT2D eigenvalue weighted by atomic mass is 9.82. The highest BCUT2D eigenvalue weighted by Gasteiger charge is 2.48. The topological polar surface area (TPSA) is 73.8 Å². The van der Waals surface area contributed by atoms with Gasteiger partial charge in [0.05, 0.1) is 28.4 Å². The third kappa shape index (κ3) is 2.61. The van der Waals surface area contributed by atoms with E-state index < -0.39 is 0 Å². The van der Waals surface area contributed by atoms with Gasteiger partial charge in [0.2, 0.25) is 36.6 Å². The van der Waals surface area contributed by atoms with Crippen LogP contribution in [0.3, 0.4) is 0 Å². The molecule has 0 saturated heterocycles. The number of fused-ring (bicyclic) bond motifs is 3. The van der Waals surface area contributed by atoms with Crippen LogP contribution in [0.15, 0.2) is 6.07 Å². The second-order valence-corrected chi connectivity index (χ2v) is 8.08. The van der Waals surface area contributed by atoms with E-state index in [1.165, 1.54) is 0 Å². The van der Waals surface area contributed by atoms with Crippen molar-refractivity contribution in [2.45, 2.75) is 32.1 Å². The van der Waals surface area contributed by atoms with Gasteiger partial charge in [-0.1, -0.05) is 13.8 Å². The molecule has 5 rings (SSSR count). The Bertz CT molecular complexity index is 1060. The van der Waals surface area contributed by atoms with Gasteiger partial charge in [0.25, 0.3) is 0 Å². The van der Waals surface area contributed by atoms with Crippen LogP contribution in [0.1, 0.15) is 48.8 Å². The van der Waals surface area contributed by atoms with E-state index in [9.17, 15) is 0 Å². The van der Waals surface area contributed by atoms with Crippen molar-refractivity contribution in [2.24, 2.45) is 5.92 Å². The van der Waals surface area contributed by atoms with E-state index in [2.05, 4.69) is 13.8 Å². The smallest absolute Gasteiger partial charge is 0.231 e. The lowest BCUT2D eigenvalue weighted by Gasteiger charge is -2.25. The van der Waals surface area contributed by atoms with Crippen molar-refractivity contribution in [3.8, 4) is 46.0 Å². The molecule has 8 nitrogen and oxygen atoms in total. The number of hydrogen-bond acceptors (Lipinski definition) is 8. The molecule has 3 aliphatic rings. The Hall–Kier alpha value is -3.16. The minimum absolute atomic E-state index is 0.0772. The molecule has 0 bridgehead atoms. The van der Waals surface area contributed by atoms with Gasteiger partial charge in [-0.2, -0.15) is 0 Å². The standard InChI is InChI=1S/C24H28O8/c1-7-12-11(2)15(13-8-14(25-3)19-22(18(13)26-4)30-9-29-19)17-16(12)20(27-5)23-24(21(17)28-6)32-10-31-23/h8,11-12,15H,7,9-10H2,1-6H3/t11-,12-,15-/m0/s1. The first kappa shape index (κ1) is 20.7. The van der Waals surface area contributed by atoms with E-state index >= 15 is 0 Å². The van der Waals surface area contributed by atoms with Crippen LogP contribution < -0.4 is 37.9 Å². The Kier molecular flexibility index (Phi) is 5.03. The Morgan fingerprint density at radius 1 is 0.750 bits per heavy atom. The second kappa shape index (κ2) is 7.76. The first-order chi connectivity index (χ1) is 15.6. The van der Waals surface area contributed by atoms with Gasteiger partial charge in [0.1, 0.15) is 0 Å². The molecular weight excluding hydrogens is 416 g/mol. The molecule has 0 radical (unpaired) electrons. The molecule has 2 aromatic rings. The molecule has 1 aliphatic carbocycles. The van der Waals surface area contributed by atoms with Gasteiger partial charge in [-0.3, -0.25) is 0 Å². The Morgan fingerprint density at radius 2 is 1.28 bits per heavy atom. The Balaban J connectivity index is 1.83. The van der Waals surface area contributed by atoms with Crippen molar-refractivity contribution in [1.82, 2.24) is 0 Å². The van der Waals surface area contributed by atoms with Gasteiger partial charge in [-0.15, -0.1) is 0 Å². The van der Waals surface area contributed by atoms with Crippen LogP contribution in [-0.4, -0.2) is 42.0 Å². The monoisotopic (exact) mass is 444 g/mol. The summed E-state index contributed by atoms with van der Waals surface area (Å²) in [4.78, 5) is 0. The SMILES string of the molecule is CC[C@@H]1c2c(OC)c3c(c(OC)c2[C@H](c2cc(OC)c4c(c2OC)OCO4)[C@H]1C)OCO3. The van der Waals surface area contributed by atoms with Crippen molar-refractivity contribution in [1.29, 1.82) is 0 Å². The Morgan fingerprint density at radius 3 is 1.81 bits per heavy atom. The highest BCUT2D eigenvalue weighted by molar-refractivity contribution is 5.74. The first-order valence-corrected chi connectivity index (χ1v) is 10.7. The van der Waals surface area contributed by atoms with Crippen molar-refractivity contribution in [3.63, 3.8) is 0 Å². The average molecular weight is 444 g/mol. The van der Waals surface area contributed by atoms with Crippen molar-refractivity contribution in [2.75, 3.05) is 42.0 Å². The number of ether oxygens (including phenoxy) is 8. The second-order valence-electron chi connectivity index (χ2n) is 8.08. The van der Waals surface area contributed by atoms with Crippen LogP contribution in [0.4, 0.5) is 0 Å². The molecule has 0 saturated carbocycles. The summed E-state index contributed by atoms with van der Waals surface area (Å²) in [6, 6.07) is 1.98. The molecule has 0 aromatic heterocycles. The maximum absolute atomic E-state index is 5.93. The summed E-state index contributed by atoms with van der Waals surface area (Å²) in [5.74, 6) is 5.25. The summed E-state index contributed by atoms with van der Waals surface area (Å²) >= 11 is 0. The van der Waals surface area contributed by atoms with Crippen LogP contribution in [0.5, 0.6) is 46.0 Å². The minimum atomic E-state index is -0.0772. The summed E-state index contributed by atoms with van der Waals surface area (Å²) in [5.41, 5.74) is 3.05. The van der Waals surface area contributed by atoms with E-state index in [4.69, 9.17) is 37.9 Å². The van der Waals surface area contributed by atoms with Gasteiger partial charge in [-0.05, 0) is 24.3 Å². The van der Waals surface area contributed by atoms with Gasteiger partial charge in [0.15, 0.2) is 23.0 Å². The maximum Gasteiger partial charge on any atom is 0.231 e. The summed E-state index contributed by atoms with van der Waals surface area (Å²) < 4.78 is 46.4. The van der Waals surface area contributed by atoms with E-state index in [0.717, 1.165) is 23.1 Å². The summed E-state index contributed by atoms with van der Waals surface area (Å²) in [7, 11) is 6.58. The minimum Gasteiger partial charge on any atom is -0.493 e. The number of hydrogen-bond donors (Lipinski definition) is 0. The molecule has 8 heteroatoms. The number of rotatable bonds is 6. The maximum atomic E-state index is 5.93. The molecule has 0 amide bonds. The molecule has 172 valence electrons. The fraction of sp³-hybridized carbons (Fsp3) is 0.500. The van der Waals surface area contributed by atoms with E-state index in [-0.39, 0.29) is 31.3 Å². The molecule has 2 aromatic carbocycles. The molecule has 0 N–H and O–H groups in total. The molecule has 0 unspecified atom stereocenters. The lowest BCUT2D eigenvalue weighted by molar-refractivity contribution is 0.168. The normalized spacial score (nSPS) is 22.0. The molecule has 3 atom stereocenters. The molecule has 0 fully saturated rings. The zero-order valence-electron chi connectivity index (χ0n) is 19.2. The summed E-state index contributed by atoms with van der Waals surface area (Å²) in [6.45, 7) is 4.67. The lowest BCUT2D eigenvalue weighted by Crippen LogP contribution is -2.12. The largest absolute Gasteiger partial charge is 0.493 e. The van der Waals surface area contributed by atoms with E-state index in [0.29, 0.717) is 46.0 Å². The van der Waals surface area contributed by atoms with Crippen molar-refractivity contribution >= 4 is 0 Å². The number of methoxy groups -OCH3 is 4.